The van der Waals surface area contributed by atoms with Gasteiger partial charge >= 0.3 is 0 Å². The largest absolute Gasteiger partial charge is 0.0805 e. The van der Waals surface area contributed by atoms with E-state index in [2.05, 4.69) is 50.3 Å². The average Bonchev–Trinajstić information content (AvgIpc) is 2.61. The second-order valence-corrected chi connectivity index (χ2v) is 7.70. The van der Waals surface area contributed by atoms with E-state index in [4.69, 9.17) is 0 Å². The molecular weight excluding hydrogens is 276 g/mol. The van der Waals surface area contributed by atoms with Crippen molar-refractivity contribution < 1.29 is 0 Å². The van der Waals surface area contributed by atoms with Crippen molar-refractivity contribution in [3.8, 4) is 0 Å². The Morgan fingerprint density at radius 3 is 1.96 bits per heavy atom. The van der Waals surface area contributed by atoms with E-state index < -0.39 is 0 Å². The summed E-state index contributed by atoms with van der Waals surface area (Å²) in [6.45, 7) is 4.66. The zero-order chi connectivity index (χ0) is 16.1. The van der Waals surface area contributed by atoms with Crippen molar-refractivity contribution >= 4 is 11.1 Å². The van der Waals surface area contributed by atoms with Crippen LogP contribution in [0.1, 0.15) is 82.8 Å². The molecule has 1 aromatic carbocycles. The van der Waals surface area contributed by atoms with Crippen molar-refractivity contribution in [3.05, 3.63) is 47.5 Å². The maximum atomic E-state index is 2.51. The second kappa shape index (κ2) is 7.99. The van der Waals surface area contributed by atoms with Gasteiger partial charge in [-0.1, -0.05) is 69.5 Å². The van der Waals surface area contributed by atoms with Gasteiger partial charge in [0.05, 0.1) is 0 Å². The minimum atomic E-state index is 0.867. The molecular formula is C23H32. The molecule has 0 heteroatoms. The highest BCUT2D eigenvalue weighted by molar-refractivity contribution is 5.71. The van der Waals surface area contributed by atoms with Gasteiger partial charge in [0.2, 0.25) is 0 Å². The van der Waals surface area contributed by atoms with Gasteiger partial charge in [-0.15, -0.1) is 0 Å². The van der Waals surface area contributed by atoms with E-state index in [1.165, 1.54) is 68.9 Å². The molecule has 0 saturated heterocycles. The number of hydrogen-bond donors (Lipinski definition) is 0. The van der Waals surface area contributed by atoms with Crippen molar-refractivity contribution in [1.82, 2.24) is 0 Å². The summed E-state index contributed by atoms with van der Waals surface area (Å²) in [7, 11) is 0. The lowest BCUT2D eigenvalue weighted by molar-refractivity contribution is 0.434. The minimum absolute atomic E-state index is 0.867. The zero-order valence-corrected chi connectivity index (χ0v) is 15.0. The molecule has 0 radical (unpaired) electrons. The summed E-state index contributed by atoms with van der Waals surface area (Å²) in [5.41, 5.74) is 6.03. The Labute approximate surface area is 142 Å². The molecule has 3 rings (SSSR count). The van der Waals surface area contributed by atoms with Crippen molar-refractivity contribution in [2.45, 2.75) is 71.6 Å². The zero-order valence-electron chi connectivity index (χ0n) is 15.0. The first-order valence-corrected chi connectivity index (χ1v) is 9.75. The predicted molar refractivity (Wildman–Crippen MR) is 102 cm³/mol. The van der Waals surface area contributed by atoms with Crippen LogP contribution in [0.2, 0.25) is 0 Å². The Balaban J connectivity index is 1.63. The number of rotatable bonds is 5. The van der Waals surface area contributed by atoms with Gasteiger partial charge in [-0.05, 0) is 72.6 Å². The van der Waals surface area contributed by atoms with Crippen LogP contribution >= 0.6 is 0 Å². The standard InChI is InChI=1S/C23H32/c1-3-4-5-19-8-12-21(13-9-19)23-16-14-22(15-17-23)20-10-6-18(2)7-11-20/h10,12,14-19H,3-9,11,13H2,1-2H3. The molecule has 0 N–H and O–H groups in total. The predicted octanol–water partition coefficient (Wildman–Crippen LogP) is 7.26. The van der Waals surface area contributed by atoms with Crippen LogP contribution in [0.5, 0.6) is 0 Å². The molecule has 0 heterocycles. The summed E-state index contributed by atoms with van der Waals surface area (Å²) < 4.78 is 0. The first kappa shape index (κ1) is 16.6. The lowest BCUT2D eigenvalue weighted by Gasteiger charge is -2.22. The monoisotopic (exact) mass is 308 g/mol. The Hall–Kier alpha value is -1.30. The van der Waals surface area contributed by atoms with Crippen molar-refractivity contribution in [2.75, 3.05) is 0 Å². The topological polar surface area (TPSA) is 0 Å². The van der Waals surface area contributed by atoms with E-state index in [0.29, 0.717) is 0 Å². The third-order valence-electron chi connectivity index (χ3n) is 5.79. The first-order chi connectivity index (χ1) is 11.3. The number of unbranched alkanes of at least 4 members (excludes halogenated alkanes) is 1. The Morgan fingerprint density at radius 1 is 0.870 bits per heavy atom. The highest BCUT2D eigenvalue weighted by atomic mass is 14.2. The van der Waals surface area contributed by atoms with Crippen molar-refractivity contribution in [2.24, 2.45) is 11.8 Å². The third-order valence-corrected chi connectivity index (χ3v) is 5.79. The van der Waals surface area contributed by atoms with Gasteiger partial charge in [0, 0.05) is 0 Å². The summed E-state index contributed by atoms with van der Waals surface area (Å²) in [6, 6.07) is 9.40. The smallest absolute Gasteiger partial charge is 0.0227 e. The van der Waals surface area contributed by atoms with Gasteiger partial charge in [-0.2, -0.15) is 0 Å². The van der Waals surface area contributed by atoms with Crippen molar-refractivity contribution in [3.63, 3.8) is 0 Å². The van der Waals surface area contributed by atoms with Crippen LogP contribution in [0.4, 0.5) is 0 Å². The summed E-state index contributed by atoms with van der Waals surface area (Å²) in [6.07, 6.45) is 16.9. The van der Waals surface area contributed by atoms with Gasteiger partial charge in [0.1, 0.15) is 0 Å². The highest BCUT2D eigenvalue weighted by Crippen LogP contribution is 2.34. The highest BCUT2D eigenvalue weighted by Gasteiger charge is 2.16. The van der Waals surface area contributed by atoms with Gasteiger partial charge in [0.15, 0.2) is 0 Å². The molecule has 0 aliphatic heterocycles. The first-order valence-electron chi connectivity index (χ1n) is 9.75. The molecule has 0 spiro atoms. The number of hydrogen-bond acceptors (Lipinski definition) is 0. The van der Waals surface area contributed by atoms with Crippen molar-refractivity contribution in [1.29, 1.82) is 0 Å². The minimum Gasteiger partial charge on any atom is -0.0805 e. The fourth-order valence-corrected chi connectivity index (χ4v) is 4.03. The molecule has 2 atom stereocenters. The Bertz CT molecular complexity index is 558. The fraction of sp³-hybridized carbons (Fsp3) is 0.565. The lowest BCUT2D eigenvalue weighted by atomic mass is 9.83. The maximum Gasteiger partial charge on any atom is -0.0227 e. The normalized spacial score (nSPS) is 25.0. The SMILES string of the molecule is CCCCC1CC=C(c2ccc(C3=CCC(C)CC3)cc2)CC1. The quantitative estimate of drug-likeness (QED) is 0.536. The van der Waals surface area contributed by atoms with E-state index >= 15 is 0 Å². The van der Waals surface area contributed by atoms with Gasteiger partial charge in [0.25, 0.3) is 0 Å². The van der Waals surface area contributed by atoms with E-state index in [0.717, 1.165) is 11.8 Å². The summed E-state index contributed by atoms with van der Waals surface area (Å²) >= 11 is 0. The molecule has 0 fully saturated rings. The van der Waals surface area contributed by atoms with Crippen LogP contribution in [0, 0.1) is 11.8 Å². The fourth-order valence-electron chi connectivity index (χ4n) is 4.03. The second-order valence-electron chi connectivity index (χ2n) is 7.70. The van der Waals surface area contributed by atoms with E-state index in [1.54, 1.807) is 11.1 Å². The van der Waals surface area contributed by atoms with E-state index in [-0.39, 0.29) is 0 Å². The molecule has 124 valence electrons. The molecule has 2 aliphatic rings. The van der Waals surface area contributed by atoms with Gasteiger partial charge < -0.3 is 0 Å². The van der Waals surface area contributed by atoms with E-state index in [1.807, 2.05) is 0 Å². The molecule has 0 amide bonds. The molecule has 23 heavy (non-hydrogen) atoms. The third kappa shape index (κ3) is 4.37. The van der Waals surface area contributed by atoms with Crippen LogP contribution in [0.25, 0.3) is 11.1 Å². The number of allylic oxidation sites excluding steroid dienone is 4. The summed E-state index contributed by atoms with van der Waals surface area (Å²) in [4.78, 5) is 0. The Kier molecular flexibility index (Phi) is 5.75. The van der Waals surface area contributed by atoms with Crippen LogP contribution in [0.15, 0.2) is 36.4 Å². The Morgan fingerprint density at radius 2 is 1.48 bits per heavy atom. The van der Waals surface area contributed by atoms with Crippen LogP contribution in [-0.2, 0) is 0 Å². The molecule has 0 saturated carbocycles. The van der Waals surface area contributed by atoms with Crippen LogP contribution in [0.3, 0.4) is 0 Å². The van der Waals surface area contributed by atoms with Gasteiger partial charge in [-0.25, -0.2) is 0 Å². The lowest BCUT2D eigenvalue weighted by Crippen LogP contribution is -2.05. The van der Waals surface area contributed by atoms with Crippen LogP contribution in [-0.4, -0.2) is 0 Å². The number of benzene rings is 1. The molecule has 1 aromatic rings. The van der Waals surface area contributed by atoms with Gasteiger partial charge in [-0.3, -0.25) is 0 Å². The average molecular weight is 309 g/mol. The molecule has 0 bridgehead atoms. The molecule has 2 unspecified atom stereocenters. The van der Waals surface area contributed by atoms with Crippen LogP contribution < -0.4 is 0 Å². The molecule has 0 nitrogen and oxygen atoms in total. The summed E-state index contributed by atoms with van der Waals surface area (Å²) in [5.74, 6) is 1.80. The van der Waals surface area contributed by atoms with E-state index in [9.17, 15) is 0 Å². The maximum absolute atomic E-state index is 2.51. The summed E-state index contributed by atoms with van der Waals surface area (Å²) in [5, 5.41) is 0. The molecule has 0 aromatic heterocycles. The molecule has 2 aliphatic carbocycles.